The highest BCUT2D eigenvalue weighted by Crippen LogP contribution is 2.40. The Morgan fingerprint density at radius 3 is 2.77 bits per heavy atom. The first-order chi connectivity index (χ1) is 15.1. The Morgan fingerprint density at radius 2 is 1.94 bits per heavy atom. The maximum absolute atomic E-state index is 11.6. The van der Waals surface area contributed by atoms with Crippen LogP contribution < -0.4 is 5.32 Å². The number of rotatable bonds is 6. The first kappa shape index (κ1) is 20.7. The Morgan fingerprint density at radius 1 is 1.13 bits per heavy atom. The van der Waals surface area contributed by atoms with Gasteiger partial charge in [0.25, 0.3) is 0 Å². The molecule has 0 bridgehead atoms. The van der Waals surface area contributed by atoms with Gasteiger partial charge >= 0.3 is 0 Å². The number of carbonyl (C=O) groups excluding carboxylic acids is 1. The quantitative estimate of drug-likeness (QED) is 0.663. The van der Waals surface area contributed by atoms with Crippen molar-refractivity contribution in [1.82, 2.24) is 10.2 Å². The first-order valence-electron chi connectivity index (χ1n) is 11.5. The number of methoxy groups -OCH3 is 1. The van der Waals surface area contributed by atoms with E-state index in [0.717, 1.165) is 51.7 Å². The van der Waals surface area contributed by atoms with Crippen molar-refractivity contribution in [3.8, 4) is 11.1 Å². The predicted molar refractivity (Wildman–Crippen MR) is 121 cm³/mol. The van der Waals surface area contributed by atoms with Crippen molar-refractivity contribution in [3.05, 3.63) is 59.2 Å². The summed E-state index contributed by atoms with van der Waals surface area (Å²) in [6.07, 6.45) is 5.46. The lowest BCUT2D eigenvalue weighted by Gasteiger charge is -2.39. The van der Waals surface area contributed by atoms with Crippen LogP contribution in [0, 0.1) is 0 Å². The van der Waals surface area contributed by atoms with Crippen LogP contribution >= 0.6 is 0 Å². The molecule has 164 valence electrons. The molecule has 0 saturated carbocycles. The second-order valence-electron chi connectivity index (χ2n) is 9.30. The summed E-state index contributed by atoms with van der Waals surface area (Å²) in [6.45, 7) is 3.85. The van der Waals surface area contributed by atoms with E-state index in [1.807, 2.05) is 0 Å². The molecule has 1 spiro atoms. The van der Waals surface area contributed by atoms with E-state index in [1.54, 1.807) is 0 Å². The highest BCUT2D eigenvalue weighted by molar-refractivity contribution is 5.77. The summed E-state index contributed by atoms with van der Waals surface area (Å²) < 4.78 is 11.3. The third kappa shape index (κ3) is 4.40. The van der Waals surface area contributed by atoms with Gasteiger partial charge in [0.2, 0.25) is 5.91 Å². The molecule has 1 amide bonds. The van der Waals surface area contributed by atoms with Crippen molar-refractivity contribution in [2.45, 2.75) is 50.4 Å². The number of benzene rings is 2. The van der Waals surface area contributed by atoms with Gasteiger partial charge in [0.05, 0.1) is 11.7 Å². The van der Waals surface area contributed by atoms with Gasteiger partial charge in [-0.2, -0.15) is 0 Å². The summed E-state index contributed by atoms with van der Waals surface area (Å²) in [5.41, 5.74) is 7.13. The summed E-state index contributed by atoms with van der Waals surface area (Å²) in [5.74, 6) is -0.0701. The molecule has 0 aromatic heterocycles. The van der Waals surface area contributed by atoms with Crippen LogP contribution in [0.3, 0.4) is 0 Å². The van der Waals surface area contributed by atoms with E-state index < -0.39 is 0 Å². The van der Waals surface area contributed by atoms with Gasteiger partial charge < -0.3 is 14.8 Å². The molecule has 5 nitrogen and oxygen atoms in total. The monoisotopic (exact) mass is 420 g/mol. The number of carbonyl (C=O) groups is 1. The minimum atomic E-state index is -0.0701. The molecule has 31 heavy (non-hydrogen) atoms. The summed E-state index contributed by atoms with van der Waals surface area (Å²) in [7, 11) is 1.54. The number of fused-ring (bicyclic) bond motifs is 3. The molecule has 1 aliphatic carbocycles. The fraction of sp³-hybridized carbons (Fsp3) is 0.500. The maximum atomic E-state index is 11.6. The third-order valence-electron chi connectivity index (χ3n) is 7.17. The number of piperidine rings is 1. The molecule has 2 aliphatic heterocycles. The fourth-order valence-electron chi connectivity index (χ4n) is 5.49. The van der Waals surface area contributed by atoms with E-state index in [1.165, 1.54) is 34.9 Å². The van der Waals surface area contributed by atoms with Crippen molar-refractivity contribution >= 4 is 5.91 Å². The number of likely N-dealkylation sites (tertiary alicyclic amines) is 1. The van der Waals surface area contributed by atoms with Gasteiger partial charge in [-0.15, -0.1) is 0 Å². The summed E-state index contributed by atoms with van der Waals surface area (Å²) in [6, 6.07) is 15.8. The molecule has 2 aromatic rings. The molecule has 1 atom stereocenters. The average Bonchev–Trinajstić information content (AvgIpc) is 3.35. The smallest absolute Gasteiger partial charge is 0.246 e. The highest BCUT2D eigenvalue weighted by atomic mass is 16.5. The van der Waals surface area contributed by atoms with E-state index in [-0.39, 0.29) is 24.2 Å². The molecule has 5 heteroatoms. The lowest BCUT2D eigenvalue weighted by molar-refractivity contribution is -0.126. The van der Waals surface area contributed by atoms with Gasteiger partial charge in [-0.05, 0) is 59.9 Å². The van der Waals surface area contributed by atoms with Crippen molar-refractivity contribution in [1.29, 1.82) is 0 Å². The van der Waals surface area contributed by atoms with Crippen LogP contribution in [0.15, 0.2) is 42.5 Å². The lowest BCUT2D eigenvalue weighted by atomic mass is 9.88. The molecule has 2 heterocycles. The average molecular weight is 421 g/mol. The predicted octanol–water partition coefficient (Wildman–Crippen LogP) is 3.53. The second-order valence-corrected chi connectivity index (χ2v) is 9.30. The zero-order chi connectivity index (χ0) is 21.3. The number of hydrogen-bond acceptors (Lipinski definition) is 4. The number of hydrogen-bond donors (Lipinski definition) is 1. The van der Waals surface area contributed by atoms with E-state index in [0.29, 0.717) is 6.54 Å². The van der Waals surface area contributed by atoms with Crippen LogP contribution in [0.5, 0.6) is 0 Å². The number of ether oxygens (including phenoxy) is 2. The molecule has 2 fully saturated rings. The van der Waals surface area contributed by atoms with Crippen molar-refractivity contribution < 1.29 is 14.3 Å². The van der Waals surface area contributed by atoms with Crippen molar-refractivity contribution in [2.75, 3.05) is 33.4 Å². The molecular weight excluding hydrogens is 388 g/mol. The van der Waals surface area contributed by atoms with Gasteiger partial charge in [-0.1, -0.05) is 42.5 Å². The Bertz CT molecular complexity index is 949. The lowest BCUT2D eigenvalue weighted by Crippen LogP contribution is -2.45. The minimum Gasteiger partial charge on any atom is -0.375 e. The highest BCUT2D eigenvalue weighted by Gasteiger charge is 2.42. The SMILES string of the molecule is COCC(=O)NCC1CCC2(CCN(Cc3ccc4c(c3)Cc3ccccc3-4)CC2)O1. The maximum Gasteiger partial charge on any atom is 0.246 e. The molecule has 2 aromatic carbocycles. The topological polar surface area (TPSA) is 50.8 Å². The van der Waals surface area contributed by atoms with E-state index in [4.69, 9.17) is 9.47 Å². The normalized spacial score (nSPS) is 21.8. The molecule has 5 rings (SSSR count). The molecule has 1 unspecified atom stereocenters. The molecule has 2 saturated heterocycles. The van der Waals surface area contributed by atoms with Crippen LogP contribution in [0.25, 0.3) is 11.1 Å². The van der Waals surface area contributed by atoms with E-state index >= 15 is 0 Å². The van der Waals surface area contributed by atoms with Crippen molar-refractivity contribution in [3.63, 3.8) is 0 Å². The van der Waals surface area contributed by atoms with Gasteiger partial charge in [-0.3, -0.25) is 9.69 Å². The Hall–Kier alpha value is -2.21. The number of nitrogens with one attached hydrogen (secondary N) is 1. The summed E-state index contributed by atoms with van der Waals surface area (Å²) >= 11 is 0. The molecular formula is C26H32N2O3. The van der Waals surface area contributed by atoms with Gasteiger partial charge in [0.1, 0.15) is 6.61 Å². The summed E-state index contributed by atoms with van der Waals surface area (Å²) in [5, 5.41) is 2.92. The van der Waals surface area contributed by atoms with E-state index in [2.05, 4.69) is 52.7 Å². The molecule has 0 radical (unpaired) electrons. The number of amides is 1. The Balaban J connectivity index is 1.13. The van der Waals surface area contributed by atoms with Gasteiger partial charge in [0.15, 0.2) is 0 Å². The van der Waals surface area contributed by atoms with Crippen LogP contribution in [0.2, 0.25) is 0 Å². The number of nitrogens with zero attached hydrogens (tertiary/aromatic N) is 1. The Labute approximate surface area is 184 Å². The standard InChI is InChI=1S/C26H32N2O3/c1-30-18-25(29)27-16-22-8-9-26(31-22)10-12-28(13-11-26)17-19-6-7-24-21(14-19)15-20-4-2-3-5-23(20)24/h2-7,14,22H,8-13,15-18H2,1H3,(H,27,29). The third-order valence-corrected chi connectivity index (χ3v) is 7.17. The van der Waals surface area contributed by atoms with E-state index in [9.17, 15) is 4.79 Å². The zero-order valence-corrected chi connectivity index (χ0v) is 18.4. The minimum absolute atomic E-state index is 0.00668. The first-order valence-corrected chi connectivity index (χ1v) is 11.5. The summed E-state index contributed by atoms with van der Waals surface area (Å²) in [4.78, 5) is 14.2. The van der Waals surface area contributed by atoms with Crippen LogP contribution in [0.1, 0.15) is 42.4 Å². The van der Waals surface area contributed by atoms with Gasteiger partial charge in [0, 0.05) is 33.3 Å². The Kier molecular flexibility index (Phi) is 5.83. The largest absolute Gasteiger partial charge is 0.375 e. The zero-order valence-electron chi connectivity index (χ0n) is 18.4. The van der Waals surface area contributed by atoms with Gasteiger partial charge in [-0.25, -0.2) is 0 Å². The van der Waals surface area contributed by atoms with Crippen molar-refractivity contribution in [2.24, 2.45) is 0 Å². The van der Waals surface area contributed by atoms with Crippen LogP contribution in [-0.2, 0) is 27.2 Å². The fourth-order valence-corrected chi connectivity index (χ4v) is 5.49. The van der Waals surface area contributed by atoms with Crippen LogP contribution in [0.4, 0.5) is 0 Å². The second kappa shape index (κ2) is 8.73. The van der Waals surface area contributed by atoms with Crippen LogP contribution in [-0.4, -0.2) is 55.9 Å². The molecule has 3 aliphatic rings. The molecule has 1 N–H and O–H groups in total.